The molecule has 0 aliphatic carbocycles. The highest BCUT2D eigenvalue weighted by molar-refractivity contribution is 14.1. The minimum atomic E-state index is 0.0897. The van der Waals surface area contributed by atoms with Crippen LogP contribution in [0.4, 0.5) is 0 Å². The molecule has 2 aromatic rings. The lowest BCUT2D eigenvalue weighted by molar-refractivity contribution is 0.685. The van der Waals surface area contributed by atoms with E-state index in [1.54, 1.807) is 0 Å². The van der Waals surface area contributed by atoms with Crippen molar-refractivity contribution in [3.63, 3.8) is 0 Å². The summed E-state index contributed by atoms with van der Waals surface area (Å²) in [6.07, 6.45) is 0. The van der Waals surface area contributed by atoms with Crippen LogP contribution in [0.15, 0.2) is 39.3 Å². The van der Waals surface area contributed by atoms with Crippen LogP contribution in [0.5, 0.6) is 0 Å². The fourth-order valence-electron chi connectivity index (χ4n) is 2.10. The van der Waals surface area contributed by atoms with Crippen molar-refractivity contribution in [2.45, 2.75) is 13.0 Å². The Morgan fingerprint density at radius 3 is 2.45 bits per heavy atom. The molecule has 0 bridgehead atoms. The average Bonchev–Trinajstić information content (AvgIpc) is 2.40. The van der Waals surface area contributed by atoms with Crippen LogP contribution in [0.2, 0.25) is 5.02 Å². The van der Waals surface area contributed by atoms with Crippen molar-refractivity contribution in [2.75, 3.05) is 7.05 Å². The number of hydrogen-bond donors (Lipinski definition) is 1. The van der Waals surface area contributed by atoms with Crippen LogP contribution >= 0.6 is 66.1 Å². The predicted molar refractivity (Wildman–Crippen MR) is 102 cm³/mol. The van der Waals surface area contributed by atoms with Crippen molar-refractivity contribution in [2.24, 2.45) is 0 Å². The molecule has 1 unspecified atom stereocenters. The molecule has 2 aromatic carbocycles. The first-order valence-corrected chi connectivity index (χ1v) is 9.06. The highest BCUT2D eigenvalue weighted by atomic mass is 127. The van der Waals surface area contributed by atoms with E-state index in [1.807, 2.05) is 25.2 Å². The molecular formula is C15H13Br2ClIN. The van der Waals surface area contributed by atoms with Gasteiger partial charge in [0.2, 0.25) is 0 Å². The number of aryl methyl sites for hydroxylation is 1. The first-order valence-electron chi connectivity index (χ1n) is 6.01. The van der Waals surface area contributed by atoms with Crippen LogP contribution in [0.3, 0.4) is 0 Å². The maximum absolute atomic E-state index is 6.15. The highest BCUT2D eigenvalue weighted by Crippen LogP contribution is 2.35. The number of halogens is 4. The van der Waals surface area contributed by atoms with Crippen LogP contribution < -0.4 is 5.32 Å². The fraction of sp³-hybridized carbons (Fsp3) is 0.200. The Morgan fingerprint density at radius 2 is 1.80 bits per heavy atom. The largest absolute Gasteiger partial charge is 0.309 e. The molecule has 0 aliphatic rings. The van der Waals surface area contributed by atoms with Crippen molar-refractivity contribution in [3.05, 3.63) is 64.6 Å². The number of benzene rings is 2. The van der Waals surface area contributed by atoms with Crippen molar-refractivity contribution in [3.8, 4) is 0 Å². The maximum Gasteiger partial charge on any atom is 0.0596 e. The van der Waals surface area contributed by atoms with Gasteiger partial charge in [0, 0.05) is 17.5 Å². The second kappa shape index (κ2) is 7.09. The Bertz CT molecular complexity index is 646. The summed E-state index contributed by atoms with van der Waals surface area (Å²) < 4.78 is 3.39. The summed E-state index contributed by atoms with van der Waals surface area (Å²) in [4.78, 5) is 0. The Morgan fingerprint density at radius 1 is 1.10 bits per heavy atom. The van der Waals surface area contributed by atoms with Crippen molar-refractivity contribution in [1.82, 2.24) is 5.32 Å². The van der Waals surface area contributed by atoms with Crippen molar-refractivity contribution >= 4 is 66.1 Å². The zero-order valence-corrected chi connectivity index (χ0v) is 17.1. The molecule has 5 heteroatoms. The zero-order chi connectivity index (χ0) is 14.9. The lowest BCUT2D eigenvalue weighted by Gasteiger charge is -2.21. The topological polar surface area (TPSA) is 12.0 Å². The summed E-state index contributed by atoms with van der Waals surface area (Å²) in [6, 6.07) is 10.3. The molecular weight excluding hydrogens is 516 g/mol. The maximum atomic E-state index is 6.15. The number of nitrogens with one attached hydrogen (secondary N) is 1. The molecule has 0 radical (unpaired) electrons. The van der Waals surface area contributed by atoms with Gasteiger partial charge in [-0.05, 0) is 83.6 Å². The van der Waals surface area contributed by atoms with Crippen LogP contribution in [0.1, 0.15) is 22.7 Å². The Hall–Kier alpha value is 0.380. The van der Waals surface area contributed by atoms with E-state index >= 15 is 0 Å². The Labute approximate surface area is 154 Å². The smallest absolute Gasteiger partial charge is 0.0596 e. The third-order valence-corrected chi connectivity index (χ3v) is 5.91. The molecule has 0 saturated carbocycles. The van der Waals surface area contributed by atoms with Gasteiger partial charge >= 0.3 is 0 Å². The van der Waals surface area contributed by atoms with E-state index in [9.17, 15) is 0 Å². The van der Waals surface area contributed by atoms with Crippen LogP contribution in [-0.4, -0.2) is 7.05 Å². The van der Waals surface area contributed by atoms with Crippen molar-refractivity contribution in [1.29, 1.82) is 0 Å². The standard InChI is InChI=1S/C15H13Br2ClIN/c1-8-5-13(17)10(7-12(8)16)15(20-2)11-6-9(18)3-4-14(11)19/h3-7,15,20H,1-2H3. The molecule has 1 atom stereocenters. The Kier molecular flexibility index (Phi) is 5.94. The molecule has 0 spiro atoms. The minimum Gasteiger partial charge on any atom is -0.309 e. The molecule has 0 aromatic heterocycles. The van der Waals surface area contributed by atoms with Gasteiger partial charge in [0.1, 0.15) is 0 Å². The van der Waals surface area contributed by atoms with E-state index in [-0.39, 0.29) is 6.04 Å². The van der Waals surface area contributed by atoms with E-state index in [4.69, 9.17) is 11.6 Å². The van der Waals surface area contributed by atoms with E-state index in [2.05, 4.69) is 78.8 Å². The minimum absolute atomic E-state index is 0.0897. The van der Waals surface area contributed by atoms with Gasteiger partial charge in [0.05, 0.1) is 6.04 Å². The van der Waals surface area contributed by atoms with Gasteiger partial charge in [-0.2, -0.15) is 0 Å². The van der Waals surface area contributed by atoms with Crippen LogP contribution in [0.25, 0.3) is 0 Å². The van der Waals surface area contributed by atoms with Gasteiger partial charge in [-0.25, -0.2) is 0 Å². The predicted octanol–water partition coefficient (Wildman–Crippen LogP) is 6.09. The molecule has 0 aliphatic heterocycles. The lowest BCUT2D eigenvalue weighted by Crippen LogP contribution is -2.19. The number of hydrogen-bond acceptors (Lipinski definition) is 1. The molecule has 1 N–H and O–H groups in total. The van der Waals surface area contributed by atoms with Gasteiger partial charge in [-0.1, -0.05) is 43.5 Å². The molecule has 0 heterocycles. The Balaban J connectivity index is 2.58. The third kappa shape index (κ3) is 3.58. The monoisotopic (exact) mass is 527 g/mol. The van der Waals surface area contributed by atoms with Gasteiger partial charge < -0.3 is 5.32 Å². The van der Waals surface area contributed by atoms with Crippen LogP contribution in [-0.2, 0) is 0 Å². The summed E-state index contributed by atoms with van der Waals surface area (Å²) in [5, 5.41) is 4.13. The summed E-state index contributed by atoms with van der Waals surface area (Å²) >= 11 is 15.8. The van der Waals surface area contributed by atoms with E-state index in [0.29, 0.717) is 0 Å². The summed E-state index contributed by atoms with van der Waals surface area (Å²) in [5.74, 6) is 0. The molecule has 20 heavy (non-hydrogen) atoms. The van der Waals surface area contributed by atoms with Gasteiger partial charge in [0.15, 0.2) is 0 Å². The van der Waals surface area contributed by atoms with E-state index < -0.39 is 0 Å². The second-order valence-electron chi connectivity index (χ2n) is 4.51. The average molecular weight is 529 g/mol. The second-order valence-corrected chi connectivity index (χ2v) is 7.82. The van der Waals surface area contributed by atoms with E-state index in [1.165, 1.54) is 20.3 Å². The van der Waals surface area contributed by atoms with Crippen LogP contribution in [0, 0.1) is 10.5 Å². The van der Waals surface area contributed by atoms with Gasteiger partial charge in [-0.15, -0.1) is 0 Å². The normalized spacial score (nSPS) is 12.5. The lowest BCUT2D eigenvalue weighted by atomic mass is 9.98. The molecule has 1 nitrogen and oxygen atoms in total. The number of rotatable bonds is 3. The van der Waals surface area contributed by atoms with Gasteiger partial charge in [-0.3, -0.25) is 0 Å². The molecule has 0 fully saturated rings. The summed E-state index contributed by atoms with van der Waals surface area (Å²) in [7, 11) is 1.96. The van der Waals surface area contributed by atoms with E-state index in [0.717, 1.165) is 14.0 Å². The SMILES string of the molecule is CNC(c1cc(Br)c(C)cc1Br)c1cc(Cl)ccc1I. The molecule has 2 rings (SSSR count). The highest BCUT2D eigenvalue weighted by Gasteiger charge is 2.19. The van der Waals surface area contributed by atoms with Gasteiger partial charge in [0.25, 0.3) is 0 Å². The van der Waals surface area contributed by atoms with Crippen molar-refractivity contribution < 1.29 is 0 Å². The first-order chi connectivity index (χ1) is 9.43. The fourth-order valence-corrected chi connectivity index (χ4v) is 3.97. The first kappa shape index (κ1) is 16.7. The molecule has 106 valence electrons. The third-order valence-electron chi connectivity index (χ3n) is 3.15. The zero-order valence-electron chi connectivity index (χ0n) is 11.0. The summed E-state index contributed by atoms with van der Waals surface area (Å²) in [6.45, 7) is 2.08. The summed E-state index contributed by atoms with van der Waals surface area (Å²) in [5.41, 5.74) is 3.57. The molecule has 0 amide bonds. The quantitative estimate of drug-likeness (QED) is 0.475. The molecule has 0 saturated heterocycles.